The van der Waals surface area contributed by atoms with E-state index in [2.05, 4.69) is 20.3 Å². The summed E-state index contributed by atoms with van der Waals surface area (Å²) in [7, 11) is 0. The summed E-state index contributed by atoms with van der Waals surface area (Å²) < 4.78 is 11.1. The van der Waals surface area contributed by atoms with Crippen LogP contribution in [0.5, 0.6) is 0 Å². The van der Waals surface area contributed by atoms with Crippen LogP contribution in [0.4, 0.5) is 0 Å². The zero-order chi connectivity index (χ0) is 17.4. The van der Waals surface area contributed by atoms with E-state index in [0.29, 0.717) is 30.6 Å². The van der Waals surface area contributed by atoms with Crippen LogP contribution < -0.4 is 0 Å². The number of aryl methyl sites for hydroxylation is 2. The fourth-order valence-electron chi connectivity index (χ4n) is 3.79. The molecule has 2 aromatic heterocycles. The summed E-state index contributed by atoms with van der Waals surface area (Å²) in [6, 6.07) is -0.388. The smallest absolute Gasteiger partial charge is 0.275 e. The molecule has 1 fully saturated rings. The molecule has 1 saturated heterocycles. The highest BCUT2D eigenvalue weighted by Crippen LogP contribution is 2.31. The minimum Gasteiger partial charge on any atom is -0.374 e. The average Bonchev–Trinajstić information content (AvgIpc) is 3.13. The second-order valence-electron chi connectivity index (χ2n) is 6.79. The van der Waals surface area contributed by atoms with E-state index in [9.17, 15) is 4.79 Å². The molecule has 1 aliphatic heterocycles. The number of nitrogens with one attached hydrogen (secondary N) is 1. The summed E-state index contributed by atoms with van der Waals surface area (Å²) in [5, 5.41) is 11.3. The number of nitrogens with zero attached hydrogens (tertiary/aromatic N) is 4. The molecule has 8 nitrogen and oxygen atoms in total. The third-order valence-electron chi connectivity index (χ3n) is 5.06. The number of aromatic amines is 1. The Hall–Kier alpha value is -2.22. The number of aromatic nitrogens is 4. The number of ether oxygens (including phenoxy) is 1. The average molecular weight is 345 g/mol. The fraction of sp³-hybridized carbons (Fsp3) is 0.647. The molecule has 134 valence electrons. The summed E-state index contributed by atoms with van der Waals surface area (Å²) >= 11 is 0. The van der Waals surface area contributed by atoms with Crippen LogP contribution in [0.1, 0.15) is 65.7 Å². The van der Waals surface area contributed by atoms with Crippen molar-refractivity contribution >= 4 is 5.91 Å². The van der Waals surface area contributed by atoms with E-state index < -0.39 is 0 Å². The van der Waals surface area contributed by atoms with Crippen LogP contribution in [0.3, 0.4) is 0 Å². The van der Waals surface area contributed by atoms with Crippen LogP contribution in [-0.4, -0.2) is 50.4 Å². The number of hydrogen-bond acceptors (Lipinski definition) is 6. The minimum absolute atomic E-state index is 0.0876. The van der Waals surface area contributed by atoms with Gasteiger partial charge in [0.1, 0.15) is 6.04 Å². The van der Waals surface area contributed by atoms with Gasteiger partial charge in [0.15, 0.2) is 11.5 Å². The Morgan fingerprint density at radius 1 is 1.28 bits per heavy atom. The third kappa shape index (κ3) is 2.95. The molecule has 1 aliphatic carbocycles. The Bertz CT molecular complexity index is 768. The van der Waals surface area contributed by atoms with Crippen LogP contribution >= 0.6 is 0 Å². The van der Waals surface area contributed by atoms with E-state index in [0.717, 1.165) is 36.9 Å². The Morgan fingerprint density at radius 3 is 2.92 bits per heavy atom. The maximum atomic E-state index is 13.3. The first-order valence-electron chi connectivity index (χ1n) is 8.94. The van der Waals surface area contributed by atoms with Crippen molar-refractivity contribution in [2.24, 2.45) is 0 Å². The van der Waals surface area contributed by atoms with Gasteiger partial charge in [0, 0.05) is 17.8 Å². The van der Waals surface area contributed by atoms with Crippen LogP contribution in [0.2, 0.25) is 0 Å². The molecule has 4 rings (SSSR count). The van der Waals surface area contributed by atoms with Gasteiger partial charge in [-0.1, -0.05) is 11.6 Å². The molecule has 2 aromatic rings. The third-order valence-corrected chi connectivity index (χ3v) is 5.06. The molecule has 0 saturated carbocycles. The van der Waals surface area contributed by atoms with Gasteiger partial charge in [0.25, 0.3) is 11.8 Å². The standard InChI is InChI=1S/C17H23N5O3/c1-10-15(16-18-11(2)21-25-16)22(8-9-24-10)17(23)14-12-6-4-3-5-7-13(12)19-20-14/h10,15H,3-9H2,1-2H3,(H,19,20)/t10-,15+/m1/s1. The summed E-state index contributed by atoms with van der Waals surface area (Å²) in [4.78, 5) is 19.4. The molecule has 0 radical (unpaired) electrons. The Balaban J connectivity index is 1.67. The van der Waals surface area contributed by atoms with E-state index in [1.54, 1.807) is 11.8 Å². The van der Waals surface area contributed by atoms with Crippen molar-refractivity contribution in [3.63, 3.8) is 0 Å². The topological polar surface area (TPSA) is 97.1 Å². The molecule has 2 atom stereocenters. The van der Waals surface area contributed by atoms with Crippen LogP contribution in [0.15, 0.2) is 4.52 Å². The van der Waals surface area contributed by atoms with Crippen LogP contribution in [-0.2, 0) is 17.6 Å². The number of carbonyl (C=O) groups is 1. The van der Waals surface area contributed by atoms with E-state index in [1.165, 1.54) is 6.42 Å². The number of carbonyl (C=O) groups excluding carboxylic acids is 1. The number of fused-ring (bicyclic) bond motifs is 1. The molecule has 0 spiro atoms. The van der Waals surface area contributed by atoms with Crippen molar-refractivity contribution in [2.45, 2.75) is 58.1 Å². The molecule has 0 unspecified atom stereocenters. The fourth-order valence-corrected chi connectivity index (χ4v) is 3.79. The Kier molecular flexibility index (Phi) is 4.29. The second-order valence-corrected chi connectivity index (χ2v) is 6.79. The maximum Gasteiger partial charge on any atom is 0.275 e. The molecular weight excluding hydrogens is 322 g/mol. The molecule has 1 amide bonds. The summed E-state index contributed by atoms with van der Waals surface area (Å²) in [5.41, 5.74) is 2.71. The highest BCUT2D eigenvalue weighted by Gasteiger charge is 2.39. The van der Waals surface area contributed by atoms with Gasteiger partial charge < -0.3 is 14.2 Å². The molecular formula is C17H23N5O3. The van der Waals surface area contributed by atoms with Crippen molar-refractivity contribution in [3.05, 3.63) is 28.7 Å². The Labute approximate surface area is 145 Å². The van der Waals surface area contributed by atoms with Gasteiger partial charge in [-0.15, -0.1) is 0 Å². The van der Waals surface area contributed by atoms with Gasteiger partial charge in [-0.2, -0.15) is 10.1 Å². The van der Waals surface area contributed by atoms with E-state index in [4.69, 9.17) is 9.26 Å². The molecule has 25 heavy (non-hydrogen) atoms. The normalized spacial score (nSPS) is 24.0. The van der Waals surface area contributed by atoms with E-state index in [-0.39, 0.29) is 18.1 Å². The lowest BCUT2D eigenvalue weighted by Gasteiger charge is -2.37. The highest BCUT2D eigenvalue weighted by atomic mass is 16.5. The predicted molar refractivity (Wildman–Crippen MR) is 88.1 cm³/mol. The molecule has 2 aliphatic rings. The van der Waals surface area contributed by atoms with Crippen molar-refractivity contribution in [2.75, 3.05) is 13.2 Å². The second kappa shape index (κ2) is 6.59. The maximum absolute atomic E-state index is 13.3. The lowest BCUT2D eigenvalue weighted by atomic mass is 10.0. The summed E-state index contributed by atoms with van der Waals surface area (Å²) in [5.74, 6) is 0.879. The van der Waals surface area contributed by atoms with Crippen molar-refractivity contribution in [1.82, 2.24) is 25.2 Å². The van der Waals surface area contributed by atoms with Crippen molar-refractivity contribution in [3.8, 4) is 0 Å². The van der Waals surface area contributed by atoms with E-state index in [1.807, 2.05) is 6.92 Å². The zero-order valence-corrected chi connectivity index (χ0v) is 14.6. The van der Waals surface area contributed by atoms with Gasteiger partial charge in [0.2, 0.25) is 0 Å². The minimum atomic E-state index is -0.388. The monoisotopic (exact) mass is 345 g/mol. The van der Waals surface area contributed by atoms with Crippen molar-refractivity contribution in [1.29, 1.82) is 0 Å². The number of rotatable bonds is 2. The van der Waals surface area contributed by atoms with Gasteiger partial charge in [0.05, 0.1) is 12.7 Å². The SMILES string of the molecule is Cc1noc([C@@H]2[C@@H](C)OCCN2C(=O)c2n[nH]c3c2CCCCC3)n1. The summed E-state index contributed by atoms with van der Waals surface area (Å²) in [6.45, 7) is 4.66. The number of morpholine rings is 1. The number of amides is 1. The number of H-pyrrole nitrogens is 1. The first-order chi connectivity index (χ1) is 12.1. The van der Waals surface area contributed by atoms with E-state index >= 15 is 0 Å². The molecule has 0 bridgehead atoms. The first kappa shape index (κ1) is 16.3. The largest absolute Gasteiger partial charge is 0.374 e. The molecule has 3 heterocycles. The van der Waals surface area contributed by atoms with Gasteiger partial charge >= 0.3 is 0 Å². The molecule has 8 heteroatoms. The van der Waals surface area contributed by atoms with Gasteiger partial charge in [-0.3, -0.25) is 9.89 Å². The first-order valence-corrected chi connectivity index (χ1v) is 8.94. The van der Waals surface area contributed by atoms with Gasteiger partial charge in [-0.05, 0) is 39.5 Å². The lowest BCUT2D eigenvalue weighted by molar-refractivity contribution is -0.0602. The summed E-state index contributed by atoms with van der Waals surface area (Å²) in [6.07, 6.45) is 5.07. The molecule has 1 N–H and O–H groups in total. The lowest BCUT2D eigenvalue weighted by Crippen LogP contribution is -2.47. The highest BCUT2D eigenvalue weighted by molar-refractivity contribution is 5.94. The zero-order valence-electron chi connectivity index (χ0n) is 14.6. The van der Waals surface area contributed by atoms with Crippen LogP contribution in [0.25, 0.3) is 0 Å². The number of hydrogen-bond donors (Lipinski definition) is 1. The van der Waals surface area contributed by atoms with Crippen LogP contribution in [0, 0.1) is 6.92 Å². The Morgan fingerprint density at radius 2 is 2.12 bits per heavy atom. The molecule has 0 aromatic carbocycles. The van der Waals surface area contributed by atoms with Gasteiger partial charge in [-0.25, -0.2) is 0 Å². The predicted octanol–water partition coefficient (Wildman–Crippen LogP) is 1.97. The van der Waals surface area contributed by atoms with Crippen molar-refractivity contribution < 1.29 is 14.1 Å². The quantitative estimate of drug-likeness (QED) is 0.836.